The molecule has 126 valence electrons. The van der Waals surface area contributed by atoms with Crippen molar-refractivity contribution in [2.45, 2.75) is 12.2 Å². The van der Waals surface area contributed by atoms with Crippen molar-refractivity contribution in [1.82, 2.24) is 0 Å². The second-order valence-corrected chi connectivity index (χ2v) is 6.38. The van der Waals surface area contributed by atoms with Crippen LogP contribution in [0.2, 0.25) is 0 Å². The minimum atomic E-state index is -0.452. The second kappa shape index (κ2) is 8.35. The summed E-state index contributed by atoms with van der Waals surface area (Å²) in [6, 6.07) is 11.7. The third-order valence-corrected chi connectivity index (χ3v) is 4.22. The van der Waals surface area contributed by atoms with Gasteiger partial charge in [0.2, 0.25) is 11.8 Å². The summed E-state index contributed by atoms with van der Waals surface area (Å²) in [7, 11) is 0. The molecule has 3 N–H and O–H groups in total. The Kier molecular flexibility index (Phi) is 6.20. The molecule has 0 aliphatic rings. The van der Waals surface area contributed by atoms with Crippen LogP contribution in [-0.4, -0.2) is 27.9 Å². The molecule has 0 aliphatic carbocycles. The molecular formula is C17H17FN2O3S. The third-order valence-electron chi connectivity index (χ3n) is 3.08. The summed E-state index contributed by atoms with van der Waals surface area (Å²) in [6.07, 6.45) is 0. The Labute approximate surface area is 143 Å². The van der Waals surface area contributed by atoms with E-state index >= 15 is 0 Å². The predicted octanol–water partition coefficient (Wildman–Crippen LogP) is 3.23. The largest absolute Gasteiger partial charge is 0.508 e. The summed E-state index contributed by atoms with van der Waals surface area (Å²) < 4.78 is 12.8. The molecule has 0 bridgehead atoms. The molecule has 24 heavy (non-hydrogen) atoms. The normalized spacial score (nSPS) is 11.6. The number of nitrogens with one attached hydrogen (secondary N) is 2. The number of hydrogen-bond acceptors (Lipinski definition) is 4. The lowest BCUT2D eigenvalue weighted by molar-refractivity contribution is -0.115. The summed E-state index contributed by atoms with van der Waals surface area (Å²) in [5, 5.41) is 14.2. The van der Waals surface area contributed by atoms with Crippen LogP contribution in [-0.2, 0) is 9.59 Å². The smallest absolute Gasteiger partial charge is 0.237 e. The van der Waals surface area contributed by atoms with Crippen LogP contribution in [0.1, 0.15) is 6.92 Å². The van der Waals surface area contributed by atoms with Gasteiger partial charge in [-0.05, 0) is 43.3 Å². The van der Waals surface area contributed by atoms with Crippen LogP contribution in [0.25, 0.3) is 0 Å². The van der Waals surface area contributed by atoms with Gasteiger partial charge in [0.25, 0.3) is 0 Å². The Morgan fingerprint density at radius 3 is 2.50 bits per heavy atom. The fourth-order valence-corrected chi connectivity index (χ4v) is 2.52. The van der Waals surface area contributed by atoms with Crippen LogP contribution in [0.5, 0.6) is 5.75 Å². The highest BCUT2D eigenvalue weighted by Crippen LogP contribution is 2.18. The number of anilines is 2. The van der Waals surface area contributed by atoms with E-state index in [0.29, 0.717) is 11.4 Å². The second-order valence-electron chi connectivity index (χ2n) is 5.05. The van der Waals surface area contributed by atoms with Crippen molar-refractivity contribution < 1.29 is 19.1 Å². The Morgan fingerprint density at radius 2 is 1.83 bits per heavy atom. The van der Waals surface area contributed by atoms with Gasteiger partial charge in [0.15, 0.2) is 0 Å². The van der Waals surface area contributed by atoms with E-state index in [0.717, 1.165) is 0 Å². The fourth-order valence-electron chi connectivity index (χ4n) is 1.83. The van der Waals surface area contributed by atoms with Crippen molar-refractivity contribution in [3.8, 4) is 5.75 Å². The number of phenolic OH excluding ortho intramolecular Hbond substituents is 1. The summed E-state index contributed by atoms with van der Waals surface area (Å²) in [5.41, 5.74) is 0.988. The van der Waals surface area contributed by atoms with E-state index in [2.05, 4.69) is 10.6 Å². The summed E-state index contributed by atoms with van der Waals surface area (Å²) in [5.74, 6) is -0.762. The van der Waals surface area contributed by atoms with E-state index in [1.807, 2.05) is 0 Å². The van der Waals surface area contributed by atoms with Crippen LogP contribution in [0.15, 0.2) is 48.5 Å². The van der Waals surface area contributed by atoms with Crippen LogP contribution in [0.4, 0.5) is 15.8 Å². The van der Waals surface area contributed by atoms with Gasteiger partial charge in [0.05, 0.1) is 11.0 Å². The van der Waals surface area contributed by atoms with E-state index in [1.165, 1.54) is 48.2 Å². The highest BCUT2D eigenvalue weighted by atomic mass is 32.2. The molecule has 0 radical (unpaired) electrons. The highest BCUT2D eigenvalue weighted by Gasteiger charge is 2.15. The first-order valence-corrected chi connectivity index (χ1v) is 8.26. The molecule has 2 rings (SSSR count). The monoisotopic (exact) mass is 348 g/mol. The Bertz CT molecular complexity index is 722. The van der Waals surface area contributed by atoms with Crippen molar-refractivity contribution in [3.63, 3.8) is 0 Å². The molecule has 5 nitrogen and oxygen atoms in total. The van der Waals surface area contributed by atoms with Gasteiger partial charge in [-0.15, -0.1) is 11.8 Å². The number of phenols is 1. The number of amides is 2. The van der Waals surface area contributed by atoms with Gasteiger partial charge in [0.1, 0.15) is 11.6 Å². The summed E-state index contributed by atoms with van der Waals surface area (Å²) in [6.45, 7) is 1.69. The maximum Gasteiger partial charge on any atom is 0.237 e. The zero-order valence-corrected chi connectivity index (χ0v) is 13.8. The van der Waals surface area contributed by atoms with Crippen LogP contribution in [0.3, 0.4) is 0 Å². The topological polar surface area (TPSA) is 78.4 Å². The molecule has 1 unspecified atom stereocenters. The van der Waals surface area contributed by atoms with Crippen molar-refractivity contribution in [2.75, 3.05) is 16.4 Å². The zero-order valence-electron chi connectivity index (χ0n) is 13.0. The Balaban J connectivity index is 1.79. The first-order valence-electron chi connectivity index (χ1n) is 7.21. The molecule has 0 saturated heterocycles. The minimum absolute atomic E-state index is 0.0618. The quantitative estimate of drug-likeness (QED) is 0.749. The first kappa shape index (κ1) is 17.8. The number of carbonyl (C=O) groups is 2. The number of halogens is 1. The molecule has 0 heterocycles. The number of rotatable bonds is 6. The van der Waals surface area contributed by atoms with E-state index in [4.69, 9.17) is 0 Å². The number of carbonyl (C=O) groups excluding carboxylic acids is 2. The maximum atomic E-state index is 12.8. The molecule has 7 heteroatoms. The van der Waals surface area contributed by atoms with Gasteiger partial charge < -0.3 is 15.7 Å². The lowest BCUT2D eigenvalue weighted by atomic mass is 10.3. The van der Waals surface area contributed by atoms with E-state index in [-0.39, 0.29) is 29.1 Å². The SMILES string of the molecule is CC(SCC(=O)Nc1ccc(F)cc1)C(=O)Nc1cccc(O)c1. The molecule has 0 aromatic heterocycles. The molecule has 2 amide bonds. The Hall–Kier alpha value is -2.54. The number of aromatic hydroxyl groups is 1. The van der Waals surface area contributed by atoms with Gasteiger partial charge >= 0.3 is 0 Å². The van der Waals surface area contributed by atoms with Gasteiger partial charge in [0, 0.05) is 17.4 Å². The van der Waals surface area contributed by atoms with Gasteiger partial charge in [-0.1, -0.05) is 6.07 Å². The molecule has 1 atom stereocenters. The standard InChI is InChI=1S/C17H17FN2O3S/c1-11(17(23)20-14-3-2-4-15(21)9-14)24-10-16(22)19-13-7-5-12(18)6-8-13/h2-9,11,21H,10H2,1H3,(H,19,22)(H,20,23). The molecule has 0 saturated carbocycles. The van der Waals surface area contributed by atoms with E-state index in [1.54, 1.807) is 19.1 Å². The van der Waals surface area contributed by atoms with Crippen LogP contribution < -0.4 is 10.6 Å². The molecule has 0 fully saturated rings. The van der Waals surface area contributed by atoms with Crippen LogP contribution in [0, 0.1) is 5.82 Å². The lowest BCUT2D eigenvalue weighted by Gasteiger charge is -2.12. The first-order chi connectivity index (χ1) is 11.4. The highest BCUT2D eigenvalue weighted by molar-refractivity contribution is 8.01. The lowest BCUT2D eigenvalue weighted by Crippen LogP contribution is -2.25. The average Bonchev–Trinajstić information content (AvgIpc) is 2.54. The average molecular weight is 348 g/mol. The van der Waals surface area contributed by atoms with Gasteiger partial charge in [-0.25, -0.2) is 4.39 Å². The molecule has 0 spiro atoms. The van der Waals surface area contributed by atoms with Crippen molar-refractivity contribution in [2.24, 2.45) is 0 Å². The van der Waals surface area contributed by atoms with Gasteiger partial charge in [-0.3, -0.25) is 9.59 Å². The summed E-state index contributed by atoms with van der Waals surface area (Å²) in [4.78, 5) is 23.9. The molecule has 2 aromatic rings. The maximum absolute atomic E-state index is 12.8. The van der Waals surface area contributed by atoms with Gasteiger partial charge in [-0.2, -0.15) is 0 Å². The number of hydrogen-bond donors (Lipinski definition) is 3. The van der Waals surface area contributed by atoms with Crippen molar-refractivity contribution in [3.05, 3.63) is 54.3 Å². The van der Waals surface area contributed by atoms with Crippen LogP contribution >= 0.6 is 11.8 Å². The minimum Gasteiger partial charge on any atom is -0.508 e. The molecule has 2 aromatic carbocycles. The fraction of sp³-hybridized carbons (Fsp3) is 0.176. The van der Waals surface area contributed by atoms with E-state index in [9.17, 15) is 19.1 Å². The molecule has 0 aliphatic heterocycles. The molecular weight excluding hydrogens is 331 g/mol. The van der Waals surface area contributed by atoms with Crippen molar-refractivity contribution in [1.29, 1.82) is 0 Å². The number of thioether (sulfide) groups is 1. The van der Waals surface area contributed by atoms with Crippen molar-refractivity contribution >= 4 is 35.0 Å². The van der Waals surface area contributed by atoms with E-state index < -0.39 is 5.25 Å². The Morgan fingerprint density at radius 1 is 1.12 bits per heavy atom. The predicted molar refractivity (Wildman–Crippen MR) is 93.7 cm³/mol. The third kappa shape index (κ3) is 5.58. The summed E-state index contributed by atoms with van der Waals surface area (Å²) >= 11 is 1.18. The zero-order chi connectivity index (χ0) is 17.5. The number of benzene rings is 2.